The second kappa shape index (κ2) is 8.87. The maximum Gasteiger partial charge on any atom is 0.490 e. The predicted octanol–water partition coefficient (Wildman–Crippen LogP) is 2.47. The van der Waals surface area contributed by atoms with Gasteiger partial charge >= 0.3 is 17.8 Å². The van der Waals surface area contributed by atoms with E-state index >= 15 is 0 Å². The molecule has 36 heavy (non-hydrogen) atoms. The summed E-state index contributed by atoms with van der Waals surface area (Å²) >= 11 is 0. The highest BCUT2D eigenvalue weighted by Gasteiger charge is 2.41. The van der Waals surface area contributed by atoms with Crippen molar-refractivity contribution in [1.82, 2.24) is 19.7 Å². The molecule has 1 aliphatic rings. The van der Waals surface area contributed by atoms with E-state index in [0.717, 1.165) is 5.56 Å². The Hall–Kier alpha value is -4.62. The van der Waals surface area contributed by atoms with Crippen LogP contribution in [0.15, 0.2) is 45.8 Å². The minimum atomic E-state index is -5.08. The summed E-state index contributed by atoms with van der Waals surface area (Å²) < 4.78 is 44.7. The van der Waals surface area contributed by atoms with Gasteiger partial charge in [-0.05, 0) is 38.1 Å². The van der Waals surface area contributed by atoms with Gasteiger partial charge in [0.05, 0.1) is 22.5 Å². The van der Waals surface area contributed by atoms with Crippen LogP contribution in [-0.2, 0) is 9.59 Å². The van der Waals surface area contributed by atoms with Gasteiger partial charge in [-0.2, -0.15) is 13.2 Å². The van der Waals surface area contributed by atoms with Crippen LogP contribution in [0, 0.1) is 13.8 Å². The minimum Gasteiger partial charge on any atom is -0.475 e. The van der Waals surface area contributed by atoms with Crippen molar-refractivity contribution in [3.63, 3.8) is 0 Å². The van der Waals surface area contributed by atoms with E-state index in [4.69, 9.17) is 24.9 Å². The van der Waals surface area contributed by atoms with Gasteiger partial charge in [0.15, 0.2) is 5.75 Å². The number of alkyl halides is 3. The van der Waals surface area contributed by atoms with Gasteiger partial charge in [0.1, 0.15) is 17.3 Å². The van der Waals surface area contributed by atoms with E-state index in [9.17, 15) is 22.8 Å². The first-order chi connectivity index (χ1) is 16.9. The Balaban J connectivity index is 0.000000384. The first kappa shape index (κ1) is 24.5. The SMILES string of the molecule is Cc1noc(C)c1-c1ccc2[nH]c(=O)n3c2c1OC(C(N)=O)C3c1ccccn1.O=C(O)C(F)(F)F. The Labute approximate surface area is 199 Å². The summed E-state index contributed by atoms with van der Waals surface area (Å²) in [6, 6.07) is 8.09. The van der Waals surface area contributed by atoms with Crippen LogP contribution in [0.1, 0.15) is 23.2 Å². The molecule has 2 unspecified atom stereocenters. The van der Waals surface area contributed by atoms with Gasteiger partial charge < -0.3 is 25.1 Å². The molecule has 1 aromatic carbocycles. The van der Waals surface area contributed by atoms with Crippen LogP contribution >= 0.6 is 0 Å². The molecular weight excluding hydrogens is 487 g/mol. The number of carboxylic acid groups (broad SMARTS) is 1. The number of nitrogens with zero attached hydrogens (tertiary/aromatic N) is 3. The molecule has 0 bridgehead atoms. The van der Waals surface area contributed by atoms with Crippen LogP contribution < -0.4 is 16.2 Å². The highest BCUT2D eigenvalue weighted by molar-refractivity contribution is 5.94. The Morgan fingerprint density at radius 3 is 2.42 bits per heavy atom. The Morgan fingerprint density at radius 1 is 1.19 bits per heavy atom. The fourth-order valence-corrected chi connectivity index (χ4v) is 4.02. The standard InChI is InChI=1S/C20H17N5O4.C2HF3O2/c1-9-14(10(2)29-24-9)11-6-7-13-16-17(11)28-18(19(21)26)15(25(16)20(27)23-13)12-5-3-4-8-22-12;3-2(4,5)1(6)7/h3-8,15,18H,1-2H3,(H2,21,26)(H,23,27);(H,6,7). The fraction of sp³-hybridized carbons (Fsp3) is 0.227. The molecule has 0 aliphatic carbocycles. The van der Waals surface area contributed by atoms with Crippen molar-refractivity contribution >= 4 is 22.9 Å². The number of aromatic nitrogens is 4. The van der Waals surface area contributed by atoms with Crippen molar-refractivity contribution in [2.75, 3.05) is 0 Å². The van der Waals surface area contributed by atoms with Gasteiger partial charge in [0, 0.05) is 11.8 Å². The van der Waals surface area contributed by atoms with Crippen molar-refractivity contribution in [3.8, 4) is 16.9 Å². The molecule has 0 saturated carbocycles. The number of nitrogens with one attached hydrogen (secondary N) is 1. The van der Waals surface area contributed by atoms with Crippen LogP contribution in [0.5, 0.6) is 5.75 Å². The molecule has 0 spiro atoms. The summed E-state index contributed by atoms with van der Waals surface area (Å²) in [4.78, 5) is 41.3. The maximum atomic E-state index is 12.9. The molecule has 0 fully saturated rings. The van der Waals surface area contributed by atoms with Crippen molar-refractivity contribution < 1.29 is 37.1 Å². The third kappa shape index (κ3) is 4.16. The summed E-state index contributed by atoms with van der Waals surface area (Å²) in [5.41, 5.74) is 9.04. The summed E-state index contributed by atoms with van der Waals surface area (Å²) in [6.07, 6.45) is -4.60. The normalized spacial score (nSPS) is 16.7. The molecule has 4 aromatic rings. The number of ether oxygens (including phenoxy) is 1. The number of nitrogens with two attached hydrogens (primary N) is 1. The number of carboxylic acids is 1. The molecule has 2 atom stereocenters. The van der Waals surface area contributed by atoms with Crippen LogP contribution in [0.25, 0.3) is 22.2 Å². The zero-order valence-corrected chi connectivity index (χ0v) is 18.7. The molecule has 4 heterocycles. The van der Waals surface area contributed by atoms with E-state index in [1.807, 2.05) is 13.0 Å². The topological polar surface area (TPSA) is 166 Å². The molecule has 14 heteroatoms. The number of halogens is 3. The van der Waals surface area contributed by atoms with E-state index in [0.29, 0.717) is 39.5 Å². The van der Waals surface area contributed by atoms with E-state index in [2.05, 4.69) is 15.1 Å². The number of amides is 1. The molecule has 0 saturated heterocycles. The number of pyridine rings is 1. The monoisotopic (exact) mass is 505 g/mol. The number of aryl methyl sites for hydroxylation is 2. The predicted molar refractivity (Wildman–Crippen MR) is 117 cm³/mol. The molecule has 1 amide bonds. The van der Waals surface area contributed by atoms with Crippen molar-refractivity contribution in [1.29, 1.82) is 0 Å². The summed E-state index contributed by atoms with van der Waals surface area (Å²) in [5, 5.41) is 11.1. The lowest BCUT2D eigenvalue weighted by molar-refractivity contribution is -0.192. The number of aromatic amines is 1. The summed E-state index contributed by atoms with van der Waals surface area (Å²) in [7, 11) is 0. The second-order valence-electron chi connectivity index (χ2n) is 7.78. The van der Waals surface area contributed by atoms with E-state index in [1.54, 1.807) is 37.4 Å². The van der Waals surface area contributed by atoms with Crippen molar-refractivity contribution in [2.45, 2.75) is 32.2 Å². The molecule has 1 aliphatic heterocycles. The maximum absolute atomic E-state index is 12.9. The van der Waals surface area contributed by atoms with Crippen LogP contribution in [0.3, 0.4) is 0 Å². The quantitative estimate of drug-likeness (QED) is 0.382. The minimum absolute atomic E-state index is 0.373. The zero-order chi connectivity index (χ0) is 26.4. The van der Waals surface area contributed by atoms with Gasteiger partial charge in [0.25, 0.3) is 5.91 Å². The first-order valence-corrected chi connectivity index (χ1v) is 10.3. The number of H-pyrrole nitrogens is 1. The summed E-state index contributed by atoms with van der Waals surface area (Å²) in [5.74, 6) is -2.46. The Morgan fingerprint density at radius 2 is 1.89 bits per heavy atom. The largest absolute Gasteiger partial charge is 0.490 e. The van der Waals surface area contributed by atoms with E-state index in [1.165, 1.54) is 4.57 Å². The smallest absolute Gasteiger partial charge is 0.475 e. The van der Waals surface area contributed by atoms with Gasteiger partial charge in [-0.3, -0.25) is 14.3 Å². The number of primary amides is 1. The average molecular weight is 505 g/mol. The molecule has 3 aromatic heterocycles. The molecule has 11 nitrogen and oxygen atoms in total. The van der Waals surface area contributed by atoms with Gasteiger partial charge in [-0.15, -0.1) is 0 Å². The second-order valence-corrected chi connectivity index (χ2v) is 7.78. The fourth-order valence-electron chi connectivity index (χ4n) is 4.02. The molecule has 5 rings (SSSR count). The Kier molecular flexibility index (Phi) is 6.04. The van der Waals surface area contributed by atoms with E-state index in [-0.39, 0.29) is 5.69 Å². The number of hydrogen-bond acceptors (Lipinski definition) is 7. The lowest BCUT2D eigenvalue weighted by atomic mass is 9.98. The summed E-state index contributed by atoms with van der Waals surface area (Å²) in [6.45, 7) is 3.61. The van der Waals surface area contributed by atoms with Crippen LogP contribution in [0.2, 0.25) is 0 Å². The van der Waals surface area contributed by atoms with Crippen LogP contribution in [0.4, 0.5) is 13.2 Å². The lowest BCUT2D eigenvalue weighted by Gasteiger charge is -2.32. The first-order valence-electron chi connectivity index (χ1n) is 10.3. The lowest BCUT2D eigenvalue weighted by Crippen LogP contribution is -2.46. The Bertz CT molecular complexity index is 1500. The highest BCUT2D eigenvalue weighted by atomic mass is 19.4. The third-order valence-corrected chi connectivity index (χ3v) is 5.46. The molecule has 4 N–H and O–H groups in total. The molecule has 188 valence electrons. The third-order valence-electron chi connectivity index (χ3n) is 5.46. The number of benzene rings is 1. The molecule has 0 radical (unpaired) electrons. The number of rotatable bonds is 3. The van der Waals surface area contributed by atoms with Crippen LogP contribution in [-0.4, -0.2) is 49.0 Å². The van der Waals surface area contributed by atoms with Gasteiger partial charge in [0.2, 0.25) is 6.10 Å². The molecular formula is C22H18F3N5O6. The number of hydrogen-bond donors (Lipinski definition) is 3. The number of imidazole rings is 1. The highest BCUT2D eigenvalue weighted by Crippen LogP contribution is 2.44. The number of carbonyl (C=O) groups is 2. The van der Waals surface area contributed by atoms with Gasteiger partial charge in [-0.1, -0.05) is 11.2 Å². The van der Waals surface area contributed by atoms with Crippen molar-refractivity contribution in [2.24, 2.45) is 5.73 Å². The van der Waals surface area contributed by atoms with E-state index < -0.39 is 30.2 Å². The van der Waals surface area contributed by atoms with Gasteiger partial charge in [-0.25, -0.2) is 9.59 Å². The average Bonchev–Trinajstić information content (AvgIpc) is 3.33. The number of carbonyl (C=O) groups excluding carboxylic acids is 1. The van der Waals surface area contributed by atoms with Crippen molar-refractivity contribution in [3.05, 3.63) is 64.2 Å². The number of aliphatic carboxylic acids is 1. The zero-order valence-electron chi connectivity index (χ0n) is 18.7.